The van der Waals surface area contributed by atoms with Gasteiger partial charge in [0, 0.05) is 0 Å². The third-order valence-corrected chi connectivity index (χ3v) is 5.90. The summed E-state index contributed by atoms with van der Waals surface area (Å²) in [5.74, 6) is 0. The second-order valence-corrected chi connectivity index (χ2v) is 8.54. The lowest BCUT2D eigenvalue weighted by Crippen LogP contribution is -2.57. The van der Waals surface area contributed by atoms with Gasteiger partial charge in [-0.3, -0.25) is 0 Å². The van der Waals surface area contributed by atoms with Crippen LogP contribution in [0.1, 0.15) is 23.1 Å². The monoisotopic (exact) mass is 473 g/mol. The van der Waals surface area contributed by atoms with Crippen molar-refractivity contribution in [3.05, 3.63) is 120 Å². The van der Waals surface area contributed by atoms with Crippen LogP contribution in [0.25, 0.3) is 0 Å². The second kappa shape index (κ2) is 12.3. The summed E-state index contributed by atoms with van der Waals surface area (Å²) < 4.78 is 24.5. The first kappa shape index (κ1) is 24.7. The van der Waals surface area contributed by atoms with Gasteiger partial charge in [-0.15, -0.1) is 0 Å². The number of ether oxygens (including phenoxy) is 4. The third kappa shape index (κ3) is 7.02. The van der Waals surface area contributed by atoms with Crippen LogP contribution in [-0.4, -0.2) is 30.5 Å². The van der Waals surface area contributed by atoms with E-state index in [-0.39, 0.29) is 12.7 Å². The highest BCUT2D eigenvalue weighted by Gasteiger charge is 2.48. The van der Waals surface area contributed by atoms with E-state index in [9.17, 15) is 4.79 Å². The van der Waals surface area contributed by atoms with Crippen LogP contribution in [0.5, 0.6) is 0 Å². The van der Waals surface area contributed by atoms with Crippen molar-refractivity contribution in [3.8, 4) is 0 Å². The molecular weight excluding hydrogens is 442 g/mol. The van der Waals surface area contributed by atoms with Gasteiger partial charge < -0.3 is 24.7 Å². The van der Waals surface area contributed by atoms with Gasteiger partial charge in [0.25, 0.3) is 0 Å². The molecule has 0 radical (unpaired) electrons. The van der Waals surface area contributed by atoms with Gasteiger partial charge in [0.05, 0.1) is 32.5 Å². The van der Waals surface area contributed by atoms with Gasteiger partial charge >= 0.3 is 6.09 Å². The predicted octanol–water partition coefficient (Wildman–Crippen LogP) is 5.17. The highest BCUT2D eigenvalue weighted by Crippen LogP contribution is 2.33. The van der Waals surface area contributed by atoms with Crippen molar-refractivity contribution in [2.24, 2.45) is 5.73 Å². The minimum atomic E-state index is -1.23. The van der Waals surface area contributed by atoms with Crippen molar-refractivity contribution in [3.63, 3.8) is 0 Å². The van der Waals surface area contributed by atoms with Crippen molar-refractivity contribution >= 4 is 6.09 Å². The van der Waals surface area contributed by atoms with Crippen LogP contribution in [0.3, 0.4) is 0 Å². The SMILES string of the molecule is NC(=O)O[C@]1(COCc2ccccc2)C=CC[C@@H](OCc2ccccc2)[C@@H]1OCc1ccccc1. The fourth-order valence-corrected chi connectivity index (χ4v) is 4.22. The maximum Gasteiger partial charge on any atom is 0.405 e. The summed E-state index contributed by atoms with van der Waals surface area (Å²) in [7, 11) is 0. The first-order valence-corrected chi connectivity index (χ1v) is 11.7. The van der Waals surface area contributed by atoms with E-state index in [2.05, 4.69) is 0 Å². The van der Waals surface area contributed by atoms with Crippen molar-refractivity contribution < 1.29 is 23.7 Å². The van der Waals surface area contributed by atoms with Crippen molar-refractivity contribution in [2.45, 2.75) is 44.1 Å². The van der Waals surface area contributed by atoms with E-state index in [4.69, 9.17) is 24.7 Å². The molecule has 4 rings (SSSR count). The molecule has 0 fully saturated rings. The average molecular weight is 474 g/mol. The second-order valence-electron chi connectivity index (χ2n) is 8.54. The molecule has 182 valence electrons. The van der Waals surface area contributed by atoms with Gasteiger partial charge in [-0.2, -0.15) is 0 Å². The van der Waals surface area contributed by atoms with Crippen LogP contribution in [-0.2, 0) is 38.8 Å². The van der Waals surface area contributed by atoms with Gasteiger partial charge in [-0.05, 0) is 29.2 Å². The van der Waals surface area contributed by atoms with Crippen molar-refractivity contribution in [1.29, 1.82) is 0 Å². The summed E-state index contributed by atoms with van der Waals surface area (Å²) in [6.07, 6.45) is 2.47. The summed E-state index contributed by atoms with van der Waals surface area (Å²) in [5, 5.41) is 0. The van der Waals surface area contributed by atoms with E-state index in [1.165, 1.54) is 0 Å². The van der Waals surface area contributed by atoms with Gasteiger partial charge in [0.1, 0.15) is 6.10 Å². The lowest BCUT2D eigenvalue weighted by molar-refractivity contribution is -0.181. The smallest absolute Gasteiger partial charge is 0.405 e. The molecule has 0 aliphatic heterocycles. The zero-order valence-electron chi connectivity index (χ0n) is 19.6. The quantitative estimate of drug-likeness (QED) is 0.389. The molecule has 3 aromatic rings. The Kier molecular flexibility index (Phi) is 8.68. The third-order valence-electron chi connectivity index (χ3n) is 5.90. The standard InChI is InChI=1S/C29H31NO5/c30-28(31)35-29(22-32-19-23-11-4-1-5-12-23)18-10-17-26(33-20-24-13-6-2-7-14-24)27(29)34-21-25-15-8-3-9-16-25/h1-16,18,26-27H,17,19-22H2,(H2,30,31)/t26-,27+,29+/m1/s1. The first-order chi connectivity index (χ1) is 17.1. The Bertz CT molecular complexity index is 1070. The summed E-state index contributed by atoms with van der Waals surface area (Å²) >= 11 is 0. The van der Waals surface area contributed by atoms with Gasteiger partial charge in [0.15, 0.2) is 5.60 Å². The Balaban J connectivity index is 1.55. The van der Waals surface area contributed by atoms with Gasteiger partial charge in [-0.1, -0.05) is 97.1 Å². The lowest BCUT2D eigenvalue weighted by Gasteiger charge is -2.43. The Morgan fingerprint density at radius 3 is 1.83 bits per heavy atom. The average Bonchev–Trinajstić information content (AvgIpc) is 2.88. The Hall–Kier alpha value is -3.45. The number of hydrogen-bond donors (Lipinski definition) is 1. The highest BCUT2D eigenvalue weighted by atomic mass is 16.6. The molecule has 1 aliphatic rings. The van der Waals surface area contributed by atoms with E-state index in [0.717, 1.165) is 16.7 Å². The maximum absolute atomic E-state index is 12.0. The molecule has 0 aromatic heterocycles. The molecule has 6 heteroatoms. The fraction of sp³-hybridized carbons (Fsp3) is 0.276. The molecule has 2 N–H and O–H groups in total. The number of amides is 1. The molecule has 0 unspecified atom stereocenters. The highest BCUT2D eigenvalue weighted by molar-refractivity contribution is 5.65. The minimum Gasteiger partial charge on any atom is -0.433 e. The van der Waals surface area contributed by atoms with Crippen molar-refractivity contribution in [2.75, 3.05) is 6.61 Å². The largest absolute Gasteiger partial charge is 0.433 e. The maximum atomic E-state index is 12.0. The van der Waals surface area contributed by atoms with Gasteiger partial charge in [-0.25, -0.2) is 4.79 Å². The van der Waals surface area contributed by atoms with Gasteiger partial charge in [0.2, 0.25) is 0 Å². The van der Waals surface area contributed by atoms with Crippen LogP contribution < -0.4 is 5.73 Å². The molecule has 0 spiro atoms. The van der Waals surface area contributed by atoms with Crippen LogP contribution in [0.4, 0.5) is 4.79 Å². The van der Waals surface area contributed by atoms with E-state index in [1.807, 2.05) is 103 Å². The Morgan fingerprint density at radius 2 is 1.29 bits per heavy atom. The van der Waals surface area contributed by atoms with Crippen LogP contribution >= 0.6 is 0 Å². The number of nitrogens with two attached hydrogens (primary N) is 1. The van der Waals surface area contributed by atoms with E-state index in [0.29, 0.717) is 26.2 Å². The summed E-state index contributed by atoms with van der Waals surface area (Å²) in [6, 6.07) is 29.6. The normalized spacial score (nSPS) is 21.5. The molecule has 3 aromatic carbocycles. The lowest BCUT2D eigenvalue weighted by atomic mass is 9.85. The number of hydrogen-bond acceptors (Lipinski definition) is 5. The summed E-state index contributed by atoms with van der Waals surface area (Å²) in [5.41, 5.74) is 7.36. The van der Waals surface area contributed by atoms with Crippen molar-refractivity contribution in [1.82, 2.24) is 0 Å². The number of carbonyl (C=O) groups is 1. The molecule has 3 atom stereocenters. The molecule has 0 saturated heterocycles. The molecule has 35 heavy (non-hydrogen) atoms. The molecule has 0 heterocycles. The first-order valence-electron chi connectivity index (χ1n) is 11.7. The van der Waals surface area contributed by atoms with Crippen LogP contribution in [0.2, 0.25) is 0 Å². The number of carbonyl (C=O) groups excluding carboxylic acids is 1. The fourth-order valence-electron chi connectivity index (χ4n) is 4.22. The number of primary amides is 1. The number of rotatable bonds is 11. The molecular formula is C29H31NO5. The predicted molar refractivity (Wildman–Crippen MR) is 133 cm³/mol. The summed E-state index contributed by atoms with van der Waals surface area (Å²) in [6.45, 7) is 1.17. The zero-order valence-corrected chi connectivity index (χ0v) is 19.6. The zero-order chi connectivity index (χ0) is 24.3. The van der Waals surface area contributed by atoms with Crippen LogP contribution in [0.15, 0.2) is 103 Å². The van der Waals surface area contributed by atoms with E-state index >= 15 is 0 Å². The molecule has 1 aliphatic carbocycles. The molecule has 6 nitrogen and oxygen atoms in total. The van der Waals surface area contributed by atoms with E-state index in [1.54, 1.807) is 0 Å². The molecule has 0 bridgehead atoms. The summed E-state index contributed by atoms with van der Waals surface area (Å²) in [4.78, 5) is 12.0. The Labute approximate surface area is 206 Å². The Morgan fingerprint density at radius 1 is 0.771 bits per heavy atom. The number of benzene rings is 3. The molecule has 1 amide bonds. The molecule has 0 saturated carbocycles. The topological polar surface area (TPSA) is 80.0 Å². The van der Waals surface area contributed by atoms with Crippen LogP contribution in [0, 0.1) is 0 Å². The van der Waals surface area contributed by atoms with E-state index < -0.39 is 17.8 Å². The minimum absolute atomic E-state index is 0.0754.